The maximum atomic E-state index is 12.3. The zero-order chi connectivity index (χ0) is 12.5. The van der Waals surface area contributed by atoms with E-state index in [0.717, 1.165) is 5.75 Å². The minimum absolute atomic E-state index is 0.0755. The lowest BCUT2D eigenvalue weighted by Crippen LogP contribution is -2.40. The first kappa shape index (κ1) is 12.7. The number of sulfonamides is 1. The van der Waals surface area contributed by atoms with Gasteiger partial charge in [-0.15, -0.1) is 0 Å². The molecule has 0 aromatic heterocycles. The van der Waals surface area contributed by atoms with E-state index in [2.05, 4.69) is 0 Å². The molecule has 0 radical (unpaired) electrons. The number of nitrogens with zero attached hydrogens (tertiary/aromatic N) is 1. The van der Waals surface area contributed by atoms with E-state index in [4.69, 9.17) is 5.11 Å². The van der Waals surface area contributed by atoms with Gasteiger partial charge in [0.25, 0.3) is 0 Å². The number of hydrogen-bond acceptors (Lipinski definition) is 4. The Kier molecular flexibility index (Phi) is 3.65. The van der Waals surface area contributed by atoms with Gasteiger partial charge >= 0.3 is 0 Å². The quantitative estimate of drug-likeness (QED) is 0.887. The van der Waals surface area contributed by atoms with Gasteiger partial charge in [0, 0.05) is 24.1 Å². The molecule has 1 fully saturated rings. The first-order valence-electron chi connectivity index (χ1n) is 5.41. The summed E-state index contributed by atoms with van der Waals surface area (Å²) in [5.74, 6) is 0.907. The zero-order valence-corrected chi connectivity index (χ0v) is 11.2. The largest absolute Gasteiger partial charge is 0.508 e. The lowest BCUT2D eigenvalue weighted by molar-refractivity contribution is 0.424. The molecule has 0 amide bonds. The molecule has 0 aliphatic carbocycles. The van der Waals surface area contributed by atoms with Crippen molar-refractivity contribution >= 4 is 21.8 Å². The van der Waals surface area contributed by atoms with Crippen LogP contribution in [0.4, 0.5) is 0 Å². The number of benzene rings is 1. The van der Waals surface area contributed by atoms with Crippen LogP contribution >= 0.6 is 11.8 Å². The Morgan fingerprint density at radius 3 is 2.59 bits per heavy atom. The van der Waals surface area contributed by atoms with Gasteiger partial charge < -0.3 is 5.11 Å². The Labute approximate surface area is 106 Å². The molecule has 4 nitrogen and oxygen atoms in total. The van der Waals surface area contributed by atoms with Crippen molar-refractivity contribution in [2.45, 2.75) is 17.1 Å². The number of thioether (sulfide) groups is 1. The topological polar surface area (TPSA) is 57.6 Å². The highest BCUT2D eigenvalue weighted by Gasteiger charge is 2.28. The van der Waals surface area contributed by atoms with Crippen LogP contribution in [0.5, 0.6) is 5.75 Å². The van der Waals surface area contributed by atoms with Crippen molar-refractivity contribution in [3.05, 3.63) is 24.3 Å². The van der Waals surface area contributed by atoms with Gasteiger partial charge in [-0.3, -0.25) is 0 Å². The van der Waals surface area contributed by atoms with Crippen LogP contribution in [0.3, 0.4) is 0 Å². The van der Waals surface area contributed by atoms with Crippen molar-refractivity contribution in [2.75, 3.05) is 18.8 Å². The first-order chi connectivity index (χ1) is 8.00. The van der Waals surface area contributed by atoms with Gasteiger partial charge in [-0.25, -0.2) is 8.42 Å². The summed E-state index contributed by atoms with van der Waals surface area (Å²) in [4.78, 5) is 0.245. The fourth-order valence-electron chi connectivity index (χ4n) is 1.77. The summed E-state index contributed by atoms with van der Waals surface area (Å²) in [5.41, 5.74) is 0. The van der Waals surface area contributed by atoms with Gasteiger partial charge in [0.2, 0.25) is 10.0 Å². The monoisotopic (exact) mass is 273 g/mol. The Balaban J connectivity index is 2.26. The summed E-state index contributed by atoms with van der Waals surface area (Å²) in [5, 5.41) is 9.49. The van der Waals surface area contributed by atoms with Crippen molar-refractivity contribution in [3.8, 4) is 5.75 Å². The highest BCUT2D eigenvalue weighted by atomic mass is 32.2. The average Bonchev–Trinajstić information content (AvgIpc) is 2.29. The number of aromatic hydroxyl groups is 1. The van der Waals surface area contributed by atoms with Gasteiger partial charge in [-0.1, -0.05) is 6.92 Å². The minimum atomic E-state index is -3.40. The fourth-order valence-corrected chi connectivity index (χ4v) is 4.53. The summed E-state index contributed by atoms with van der Waals surface area (Å²) in [6, 6.07) is 5.68. The Morgan fingerprint density at radius 1 is 1.35 bits per heavy atom. The van der Waals surface area contributed by atoms with Crippen LogP contribution in [0.15, 0.2) is 29.2 Å². The number of phenols is 1. The van der Waals surface area contributed by atoms with Crippen LogP contribution in [0.2, 0.25) is 0 Å². The van der Waals surface area contributed by atoms with E-state index in [9.17, 15) is 8.42 Å². The SMILES string of the molecule is CC1CN(S(=O)(=O)c2ccc(O)cc2)CCS1. The summed E-state index contributed by atoms with van der Waals surface area (Å²) in [6.07, 6.45) is 0. The second-order valence-corrected chi connectivity index (χ2v) is 7.52. The molecule has 0 bridgehead atoms. The standard InChI is InChI=1S/C11H15NO3S2/c1-9-8-12(6-7-16-9)17(14,15)11-4-2-10(13)3-5-11/h2-5,9,13H,6-8H2,1H3. The van der Waals surface area contributed by atoms with Crippen LogP contribution in [0.1, 0.15) is 6.92 Å². The molecule has 17 heavy (non-hydrogen) atoms. The van der Waals surface area contributed by atoms with E-state index in [1.54, 1.807) is 11.8 Å². The third kappa shape index (κ3) is 2.75. The molecule has 0 saturated carbocycles. The van der Waals surface area contributed by atoms with Crippen molar-refractivity contribution in [2.24, 2.45) is 0 Å². The third-order valence-electron chi connectivity index (χ3n) is 2.68. The highest BCUT2D eigenvalue weighted by Crippen LogP contribution is 2.24. The maximum absolute atomic E-state index is 12.3. The van der Waals surface area contributed by atoms with Gasteiger partial charge in [0.05, 0.1) is 4.90 Å². The molecular weight excluding hydrogens is 258 g/mol. The second-order valence-electron chi connectivity index (χ2n) is 4.04. The molecule has 94 valence electrons. The van der Waals surface area contributed by atoms with Gasteiger partial charge in [0.1, 0.15) is 5.75 Å². The van der Waals surface area contributed by atoms with E-state index >= 15 is 0 Å². The van der Waals surface area contributed by atoms with Crippen LogP contribution in [0.25, 0.3) is 0 Å². The molecule has 1 aromatic carbocycles. The molecule has 6 heteroatoms. The number of phenolic OH excluding ortho intramolecular Hbond substituents is 1. The van der Waals surface area contributed by atoms with E-state index in [1.165, 1.54) is 28.6 Å². The lowest BCUT2D eigenvalue weighted by atomic mass is 10.3. The fraction of sp³-hybridized carbons (Fsp3) is 0.455. The molecule has 1 aromatic rings. The lowest BCUT2D eigenvalue weighted by Gasteiger charge is -2.29. The van der Waals surface area contributed by atoms with E-state index < -0.39 is 10.0 Å². The smallest absolute Gasteiger partial charge is 0.243 e. The Bertz CT molecular complexity index is 484. The van der Waals surface area contributed by atoms with Gasteiger partial charge in [-0.05, 0) is 24.3 Å². The molecule has 1 unspecified atom stereocenters. The number of hydrogen-bond donors (Lipinski definition) is 1. The van der Waals surface area contributed by atoms with E-state index in [-0.39, 0.29) is 10.6 Å². The summed E-state index contributed by atoms with van der Waals surface area (Å²) in [6.45, 7) is 3.13. The van der Waals surface area contributed by atoms with Gasteiger partial charge in [0.15, 0.2) is 0 Å². The molecule has 2 rings (SSSR count). The molecule has 1 saturated heterocycles. The molecule has 1 atom stereocenters. The van der Waals surface area contributed by atoms with Crippen molar-refractivity contribution in [3.63, 3.8) is 0 Å². The summed E-state index contributed by atoms with van der Waals surface area (Å²) < 4.78 is 26.1. The van der Waals surface area contributed by atoms with Crippen LogP contribution in [-0.2, 0) is 10.0 Å². The minimum Gasteiger partial charge on any atom is -0.508 e. The van der Waals surface area contributed by atoms with Crippen molar-refractivity contribution in [1.82, 2.24) is 4.31 Å². The van der Waals surface area contributed by atoms with E-state index in [1.807, 2.05) is 6.92 Å². The molecule has 0 spiro atoms. The zero-order valence-electron chi connectivity index (χ0n) is 9.54. The predicted molar refractivity (Wildman–Crippen MR) is 68.8 cm³/mol. The van der Waals surface area contributed by atoms with Crippen molar-refractivity contribution < 1.29 is 13.5 Å². The molecule has 1 N–H and O–H groups in total. The molecule has 1 aliphatic rings. The molecule has 1 aliphatic heterocycles. The van der Waals surface area contributed by atoms with Gasteiger partial charge in [-0.2, -0.15) is 16.1 Å². The van der Waals surface area contributed by atoms with E-state index in [0.29, 0.717) is 18.3 Å². The average molecular weight is 273 g/mol. The van der Waals surface area contributed by atoms with Crippen LogP contribution in [-0.4, -0.2) is 41.9 Å². The summed E-state index contributed by atoms with van der Waals surface area (Å²) in [7, 11) is -3.40. The molecular formula is C11H15NO3S2. The number of rotatable bonds is 2. The third-order valence-corrected chi connectivity index (χ3v) is 5.69. The Hall–Kier alpha value is -0.720. The first-order valence-corrected chi connectivity index (χ1v) is 7.90. The maximum Gasteiger partial charge on any atom is 0.243 e. The van der Waals surface area contributed by atoms with Crippen molar-refractivity contribution in [1.29, 1.82) is 0 Å². The van der Waals surface area contributed by atoms with Crippen LogP contribution in [0, 0.1) is 0 Å². The molecule has 1 heterocycles. The predicted octanol–water partition coefficient (Wildman–Crippen LogP) is 1.52. The summed E-state index contributed by atoms with van der Waals surface area (Å²) >= 11 is 1.79. The Morgan fingerprint density at radius 2 is 2.00 bits per heavy atom. The van der Waals surface area contributed by atoms with Crippen LogP contribution < -0.4 is 0 Å². The second kappa shape index (κ2) is 4.88. The highest BCUT2D eigenvalue weighted by molar-refractivity contribution is 8.00. The normalized spacial score (nSPS) is 22.5.